The molecule has 0 heterocycles. The molecule has 23 heavy (non-hydrogen) atoms. The fourth-order valence-electron chi connectivity index (χ4n) is 2.60. The van der Waals surface area contributed by atoms with E-state index in [1.807, 2.05) is 0 Å². The molecule has 2 nitrogen and oxygen atoms in total. The molecule has 0 saturated carbocycles. The van der Waals surface area contributed by atoms with Crippen molar-refractivity contribution in [2.45, 2.75) is 110 Å². The Kier molecular flexibility index (Phi) is 18.6. The van der Waals surface area contributed by atoms with Crippen LogP contribution < -0.4 is 0 Å². The number of hydrogen-bond donors (Lipinski definition) is 0. The topological polar surface area (TPSA) is 26.3 Å². The molecule has 0 amide bonds. The van der Waals surface area contributed by atoms with Gasteiger partial charge in [-0.15, -0.1) is 0 Å². The Hall–Kier alpha value is -0.790. The van der Waals surface area contributed by atoms with Gasteiger partial charge in [-0.25, -0.2) is 0 Å². The average molecular weight is 325 g/mol. The van der Waals surface area contributed by atoms with E-state index >= 15 is 0 Å². The number of ether oxygens (including phenoxy) is 1. The summed E-state index contributed by atoms with van der Waals surface area (Å²) in [6.07, 6.45) is 22.5. The number of allylic oxidation sites excluding steroid dienone is 2. The van der Waals surface area contributed by atoms with Crippen LogP contribution in [0.15, 0.2) is 12.2 Å². The zero-order valence-corrected chi connectivity index (χ0v) is 15.8. The van der Waals surface area contributed by atoms with Gasteiger partial charge < -0.3 is 4.74 Å². The Morgan fingerprint density at radius 2 is 1.22 bits per heavy atom. The molecule has 0 aliphatic heterocycles. The van der Waals surface area contributed by atoms with Gasteiger partial charge in [0.25, 0.3) is 0 Å². The predicted octanol–water partition coefficient (Wildman–Crippen LogP) is 6.98. The monoisotopic (exact) mass is 324 g/mol. The van der Waals surface area contributed by atoms with E-state index in [4.69, 9.17) is 4.74 Å². The lowest BCUT2D eigenvalue weighted by Crippen LogP contribution is -2.05. The van der Waals surface area contributed by atoms with Crippen molar-refractivity contribution in [1.82, 2.24) is 0 Å². The third-order valence-electron chi connectivity index (χ3n) is 4.15. The van der Waals surface area contributed by atoms with Crippen molar-refractivity contribution in [2.75, 3.05) is 6.61 Å². The first-order chi connectivity index (χ1) is 11.3. The highest BCUT2D eigenvalue weighted by molar-refractivity contribution is 5.69. The van der Waals surface area contributed by atoms with Crippen molar-refractivity contribution in [2.24, 2.45) is 0 Å². The van der Waals surface area contributed by atoms with Crippen LogP contribution in [-0.2, 0) is 9.53 Å². The summed E-state index contributed by atoms with van der Waals surface area (Å²) >= 11 is 0. The van der Waals surface area contributed by atoms with Crippen molar-refractivity contribution >= 4 is 5.97 Å². The molecule has 0 aliphatic rings. The lowest BCUT2D eigenvalue weighted by atomic mass is 10.1. The van der Waals surface area contributed by atoms with Gasteiger partial charge in [-0.1, -0.05) is 77.4 Å². The molecule has 2 heteroatoms. The Morgan fingerprint density at radius 3 is 1.87 bits per heavy atom. The van der Waals surface area contributed by atoms with Gasteiger partial charge in [0.15, 0.2) is 0 Å². The van der Waals surface area contributed by atoms with Crippen LogP contribution in [-0.4, -0.2) is 12.6 Å². The van der Waals surface area contributed by atoms with E-state index in [0.717, 1.165) is 25.7 Å². The largest absolute Gasteiger partial charge is 0.466 e. The molecule has 0 radical (unpaired) electrons. The minimum Gasteiger partial charge on any atom is -0.466 e. The van der Waals surface area contributed by atoms with Gasteiger partial charge in [0.2, 0.25) is 0 Å². The summed E-state index contributed by atoms with van der Waals surface area (Å²) in [5.41, 5.74) is 0. The van der Waals surface area contributed by atoms with E-state index in [-0.39, 0.29) is 5.97 Å². The molecule has 0 bridgehead atoms. The Bertz CT molecular complexity index is 271. The second-order valence-electron chi connectivity index (χ2n) is 6.55. The minimum atomic E-state index is -0.00731. The van der Waals surface area contributed by atoms with E-state index in [0.29, 0.717) is 13.0 Å². The molecule has 0 fully saturated rings. The molecular weight excluding hydrogens is 284 g/mol. The van der Waals surface area contributed by atoms with Crippen LogP contribution in [0.3, 0.4) is 0 Å². The standard InChI is InChI=1S/C21H40O2/c1-3-5-7-8-9-10-11-12-13-14-15-16-17-19-21(22)23-20-18-6-4-2/h10-11H,3-9,12-20H2,1-2H3/b11-10-. The highest BCUT2D eigenvalue weighted by Crippen LogP contribution is 2.09. The minimum absolute atomic E-state index is 0.00731. The maximum atomic E-state index is 11.5. The second-order valence-corrected chi connectivity index (χ2v) is 6.55. The molecule has 136 valence electrons. The molecule has 0 N–H and O–H groups in total. The maximum Gasteiger partial charge on any atom is 0.305 e. The molecule has 0 unspecified atom stereocenters. The average Bonchev–Trinajstić information content (AvgIpc) is 2.56. The van der Waals surface area contributed by atoms with Gasteiger partial charge in [-0.2, -0.15) is 0 Å². The fraction of sp³-hybridized carbons (Fsp3) is 0.857. The van der Waals surface area contributed by atoms with Gasteiger partial charge in [-0.05, 0) is 38.5 Å². The van der Waals surface area contributed by atoms with Crippen LogP contribution in [0.5, 0.6) is 0 Å². The lowest BCUT2D eigenvalue weighted by molar-refractivity contribution is -0.143. The Morgan fingerprint density at radius 1 is 0.696 bits per heavy atom. The third kappa shape index (κ3) is 19.2. The Labute approximate surface area is 145 Å². The summed E-state index contributed by atoms with van der Waals surface area (Å²) in [7, 11) is 0. The number of carbonyl (C=O) groups excluding carboxylic acids is 1. The summed E-state index contributed by atoms with van der Waals surface area (Å²) in [4.78, 5) is 11.5. The predicted molar refractivity (Wildman–Crippen MR) is 101 cm³/mol. The zero-order valence-electron chi connectivity index (χ0n) is 15.8. The normalized spacial score (nSPS) is 11.2. The number of unbranched alkanes of at least 4 members (excludes halogenated alkanes) is 11. The van der Waals surface area contributed by atoms with Crippen LogP contribution in [0, 0.1) is 0 Å². The highest BCUT2D eigenvalue weighted by Gasteiger charge is 2.01. The number of carbonyl (C=O) groups is 1. The molecule has 0 rings (SSSR count). The van der Waals surface area contributed by atoms with Gasteiger partial charge in [0.1, 0.15) is 0 Å². The molecule has 0 atom stereocenters. The van der Waals surface area contributed by atoms with Crippen molar-refractivity contribution < 1.29 is 9.53 Å². The summed E-state index contributed by atoms with van der Waals surface area (Å²) < 4.78 is 5.20. The molecular formula is C21H40O2. The summed E-state index contributed by atoms with van der Waals surface area (Å²) in [6.45, 7) is 5.02. The van der Waals surface area contributed by atoms with Crippen molar-refractivity contribution in [3.8, 4) is 0 Å². The van der Waals surface area contributed by atoms with Crippen LogP contribution in [0.4, 0.5) is 0 Å². The fourth-order valence-corrected chi connectivity index (χ4v) is 2.60. The first kappa shape index (κ1) is 22.2. The van der Waals surface area contributed by atoms with Gasteiger partial charge in [-0.3, -0.25) is 4.79 Å². The molecule has 0 aromatic rings. The van der Waals surface area contributed by atoms with Crippen LogP contribution in [0.1, 0.15) is 110 Å². The first-order valence-corrected chi connectivity index (χ1v) is 10.1. The third-order valence-corrected chi connectivity index (χ3v) is 4.15. The van der Waals surface area contributed by atoms with Gasteiger partial charge in [0, 0.05) is 6.42 Å². The highest BCUT2D eigenvalue weighted by atomic mass is 16.5. The lowest BCUT2D eigenvalue weighted by Gasteiger charge is -2.04. The number of rotatable bonds is 17. The van der Waals surface area contributed by atoms with E-state index in [1.165, 1.54) is 64.2 Å². The van der Waals surface area contributed by atoms with Crippen molar-refractivity contribution in [1.29, 1.82) is 0 Å². The zero-order chi connectivity index (χ0) is 17.0. The summed E-state index contributed by atoms with van der Waals surface area (Å²) in [6, 6.07) is 0. The van der Waals surface area contributed by atoms with Crippen LogP contribution >= 0.6 is 0 Å². The molecule has 0 aliphatic carbocycles. The van der Waals surface area contributed by atoms with E-state index in [1.54, 1.807) is 0 Å². The van der Waals surface area contributed by atoms with Crippen molar-refractivity contribution in [3.05, 3.63) is 12.2 Å². The first-order valence-electron chi connectivity index (χ1n) is 10.1. The van der Waals surface area contributed by atoms with E-state index in [2.05, 4.69) is 26.0 Å². The molecule has 0 aromatic heterocycles. The van der Waals surface area contributed by atoms with Gasteiger partial charge >= 0.3 is 5.97 Å². The number of hydrogen-bond acceptors (Lipinski definition) is 2. The quantitative estimate of drug-likeness (QED) is 0.164. The van der Waals surface area contributed by atoms with Crippen molar-refractivity contribution in [3.63, 3.8) is 0 Å². The van der Waals surface area contributed by atoms with Crippen LogP contribution in [0.2, 0.25) is 0 Å². The van der Waals surface area contributed by atoms with E-state index in [9.17, 15) is 4.79 Å². The molecule has 0 spiro atoms. The summed E-state index contributed by atoms with van der Waals surface area (Å²) in [5.74, 6) is -0.00731. The molecule has 0 saturated heterocycles. The van der Waals surface area contributed by atoms with Crippen LogP contribution in [0.25, 0.3) is 0 Å². The summed E-state index contributed by atoms with van der Waals surface area (Å²) in [5, 5.41) is 0. The smallest absolute Gasteiger partial charge is 0.305 e. The Balaban J connectivity index is 3.17. The van der Waals surface area contributed by atoms with E-state index < -0.39 is 0 Å². The molecule has 0 aromatic carbocycles. The number of esters is 1. The van der Waals surface area contributed by atoms with Gasteiger partial charge in [0.05, 0.1) is 6.61 Å². The second kappa shape index (κ2) is 19.3. The SMILES string of the molecule is CCCCCC/C=C\CCCCCCCC(=O)OCCCCC. The maximum absolute atomic E-state index is 11.5.